The zero-order chi connectivity index (χ0) is 17.8. The van der Waals surface area contributed by atoms with Crippen LogP contribution in [0.15, 0.2) is 30.3 Å². The number of carbonyl (C=O) groups excluding carboxylic acids is 2. The number of benzene rings is 1. The van der Waals surface area contributed by atoms with Gasteiger partial charge in [0.15, 0.2) is 0 Å². The van der Waals surface area contributed by atoms with Crippen molar-refractivity contribution in [3.05, 3.63) is 41.6 Å². The van der Waals surface area contributed by atoms with Crippen LogP contribution < -0.4 is 0 Å². The molecule has 0 atom stereocenters. The van der Waals surface area contributed by atoms with Gasteiger partial charge in [-0.3, -0.25) is 14.6 Å². The zero-order valence-electron chi connectivity index (χ0n) is 14.8. The van der Waals surface area contributed by atoms with Crippen LogP contribution in [0.1, 0.15) is 42.2 Å². The third kappa shape index (κ3) is 4.16. The number of aromatic nitrogens is 1. The van der Waals surface area contributed by atoms with Gasteiger partial charge in [0, 0.05) is 36.2 Å². The summed E-state index contributed by atoms with van der Waals surface area (Å²) in [5.74, 6) is 0.230. The van der Waals surface area contributed by atoms with E-state index in [0.717, 1.165) is 29.4 Å². The summed E-state index contributed by atoms with van der Waals surface area (Å²) in [5, 5.41) is 0.980. The standard InChI is InChI=1S/C20H24N2O3/c1-3-25-19(23)12-15-8-10-22(11-9-15)20(24)17-6-7-18-16(13-17)5-4-14(2)21-18/h4-7,13,15H,3,8-12H2,1-2H3. The molecule has 0 radical (unpaired) electrons. The summed E-state index contributed by atoms with van der Waals surface area (Å²) in [4.78, 5) is 30.7. The molecule has 0 saturated carbocycles. The summed E-state index contributed by atoms with van der Waals surface area (Å²) < 4.78 is 5.01. The van der Waals surface area contributed by atoms with E-state index in [9.17, 15) is 9.59 Å². The molecule has 25 heavy (non-hydrogen) atoms. The van der Waals surface area contributed by atoms with Crippen LogP contribution in [-0.2, 0) is 9.53 Å². The van der Waals surface area contributed by atoms with Crippen molar-refractivity contribution >= 4 is 22.8 Å². The Morgan fingerprint density at radius 2 is 1.96 bits per heavy atom. The van der Waals surface area contributed by atoms with E-state index in [1.807, 2.05) is 49.1 Å². The molecule has 1 amide bonds. The van der Waals surface area contributed by atoms with Gasteiger partial charge in [-0.2, -0.15) is 0 Å². The first-order valence-electron chi connectivity index (χ1n) is 8.89. The van der Waals surface area contributed by atoms with Crippen molar-refractivity contribution in [3.8, 4) is 0 Å². The number of rotatable bonds is 4. The van der Waals surface area contributed by atoms with E-state index >= 15 is 0 Å². The molecule has 2 heterocycles. The quantitative estimate of drug-likeness (QED) is 0.801. The van der Waals surface area contributed by atoms with Gasteiger partial charge in [-0.1, -0.05) is 6.07 Å². The lowest BCUT2D eigenvalue weighted by molar-refractivity contribution is -0.144. The average molecular weight is 340 g/mol. The monoisotopic (exact) mass is 340 g/mol. The number of hydrogen-bond donors (Lipinski definition) is 0. The molecule has 1 aliphatic heterocycles. The fourth-order valence-electron chi connectivity index (χ4n) is 3.34. The summed E-state index contributed by atoms with van der Waals surface area (Å²) in [6, 6.07) is 9.62. The number of nitrogens with zero attached hydrogens (tertiary/aromatic N) is 2. The highest BCUT2D eigenvalue weighted by molar-refractivity contribution is 5.98. The lowest BCUT2D eigenvalue weighted by Gasteiger charge is -2.31. The summed E-state index contributed by atoms with van der Waals surface area (Å²) in [6.45, 7) is 5.57. The summed E-state index contributed by atoms with van der Waals surface area (Å²) in [6.07, 6.45) is 2.15. The van der Waals surface area contributed by atoms with Crippen LogP contribution in [0.2, 0.25) is 0 Å². The van der Waals surface area contributed by atoms with E-state index in [-0.39, 0.29) is 11.9 Å². The number of aryl methyl sites for hydroxylation is 1. The van der Waals surface area contributed by atoms with Gasteiger partial charge in [0.05, 0.1) is 12.1 Å². The molecule has 0 aliphatic carbocycles. The Hall–Kier alpha value is -2.43. The molecule has 0 spiro atoms. The number of ether oxygens (including phenoxy) is 1. The largest absolute Gasteiger partial charge is 0.466 e. The number of likely N-dealkylation sites (tertiary alicyclic amines) is 1. The van der Waals surface area contributed by atoms with E-state index in [0.29, 0.717) is 37.6 Å². The lowest BCUT2D eigenvalue weighted by Crippen LogP contribution is -2.39. The molecule has 132 valence electrons. The Morgan fingerprint density at radius 1 is 1.20 bits per heavy atom. The number of piperidine rings is 1. The van der Waals surface area contributed by atoms with Gasteiger partial charge in [0.25, 0.3) is 5.91 Å². The predicted molar refractivity (Wildman–Crippen MR) is 96.4 cm³/mol. The molecule has 1 fully saturated rings. The van der Waals surface area contributed by atoms with E-state index in [4.69, 9.17) is 4.74 Å². The first-order chi connectivity index (χ1) is 12.1. The smallest absolute Gasteiger partial charge is 0.306 e. The van der Waals surface area contributed by atoms with E-state index in [2.05, 4.69) is 4.98 Å². The van der Waals surface area contributed by atoms with Crippen molar-refractivity contribution in [2.45, 2.75) is 33.1 Å². The average Bonchev–Trinajstić information content (AvgIpc) is 2.61. The molecule has 1 aliphatic rings. The third-order valence-electron chi connectivity index (χ3n) is 4.74. The SMILES string of the molecule is CCOC(=O)CC1CCN(C(=O)c2ccc3nc(C)ccc3c2)CC1. The maximum Gasteiger partial charge on any atom is 0.306 e. The molecule has 1 aromatic carbocycles. The van der Waals surface area contributed by atoms with Gasteiger partial charge in [-0.05, 0) is 56.9 Å². The minimum absolute atomic E-state index is 0.0528. The van der Waals surface area contributed by atoms with Crippen LogP contribution in [0, 0.1) is 12.8 Å². The van der Waals surface area contributed by atoms with Crippen LogP contribution >= 0.6 is 0 Å². The fourth-order valence-corrected chi connectivity index (χ4v) is 3.34. The number of amides is 1. The molecule has 5 nitrogen and oxygen atoms in total. The van der Waals surface area contributed by atoms with Gasteiger partial charge in [0.2, 0.25) is 0 Å². The minimum Gasteiger partial charge on any atom is -0.466 e. The van der Waals surface area contributed by atoms with Crippen LogP contribution in [-0.4, -0.2) is 41.5 Å². The van der Waals surface area contributed by atoms with Gasteiger partial charge in [-0.15, -0.1) is 0 Å². The highest BCUT2D eigenvalue weighted by atomic mass is 16.5. The van der Waals surface area contributed by atoms with Crippen molar-refractivity contribution in [1.29, 1.82) is 0 Å². The van der Waals surface area contributed by atoms with Crippen molar-refractivity contribution in [2.24, 2.45) is 5.92 Å². The molecule has 5 heteroatoms. The highest BCUT2D eigenvalue weighted by Gasteiger charge is 2.25. The van der Waals surface area contributed by atoms with Gasteiger partial charge in [-0.25, -0.2) is 0 Å². The van der Waals surface area contributed by atoms with Crippen LogP contribution in [0.3, 0.4) is 0 Å². The summed E-state index contributed by atoms with van der Waals surface area (Å²) >= 11 is 0. The van der Waals surface area contributed by atoms with Crippen LogP contribution in [0.4, 0.5) is 0 Å². The molecule has 0 bridgehead atoms. The topological polar surface area (TPSA) is 59.5 Å². The van der Waals surface area contributed by atoms with Gasteiger partial charge < -0.3 is 9.64 Å². The first kappa shape index (κ1) is 17.4. The van der Waals surface area contributed by atoms with Crippen LogP contribution in [0.25, 0.3) is 10.9 Å². The Morgan fingerprint density at radius 3 is 2.68 bits per heavy atom. The van der Waals surface area contributed by atoms with E-state index in [1.54, 1.807) is 0 Å². The zero-order valence-corrected chi connectivity index (χ0v) is 14.8. The number of esters is 1. The van der Waals surface area contributed by atoms with E-state index in [1.165, 1.54) is 0 Å². The molecule has 2 aromatic rings. The third-order valence-corrected chi connectivity index (χ3v) is 4.74. The lowest BCUT2D eigenvalue weighted by atomic mass is 9.93. The van der Waals surface area contributed by atoms with Crippen molar-refractivity contribution in [2.75, 3.05) is 19.7 Å². The maximum absolute atomic E-state index is 12.8. The fraction of sp³-hybridized carbons (Fsp3) is 0.450. The maximum atomic E-state index is 12.8. The summed E-state index contributed by atoms with van der Waals surface area (Å²) in [7, 11) is 0. The second-order valence-corrected chi connectivity index (χ2v) is 6.60. The van der Waals surface area contributed by atoms with Gasteiger partial charge >= 0.3 is 5.97 Å². The van der Waals surface area contributed by atoms with Crippen molar-refractivity contribution in [1.82, 2.24) is 9.88 Å². The molecule has 1 aromatic heterocycles. The second-order valence-electron chi connectivity index (χ2n) is 6.60. The minimum atomic E-state index is -0.135. The second kappa shape index (κ2) is 7.64. The molecular formula is C20H24N2O3. The molecule has 0 N–H and O–H groups in total. The molecule has 1 saturated heterocycles. The number of fused-ring (bicyclic) bond motifs is 1. The molecular weight excluding hydrogens is 316 g/mol. The Kier molecular flexibility index (Phi) is 5.31. The number of carbonyl (C=O) groups is 2. The van der Waals surface area contributed by atoms with Crippen molar-refractivity contribution < 1.29 is 14.3 Å². The highest BCUT2D eigenvalue weighted by Crippen LogP contribution is 2.23. The van der Waals surface area contributed by atoms with Gasteiger partial charge in [0.1, 0.15) is 0 Å². The number of pyridine rings is 1. The summed E-state index contributed by atoms with van der Waals surface area (Å²) in [5.41, 5.74) is 2.57. The Labute approximate surface area is 148 Å². The first-order valence-corrected chi connectivity index (χ1v) is 8.89. The molecule has 3 rings (SSSR count). The number of hydrogen-bond acceptors (Lipinski definition) is 4. The normalized spacial score (nSPS) is 15.4. The van der Waals surface area contributed by atoms with E-state index < -0.39 is 0 Å². The molecule has 0 unspecified atom stereocenters. The Bertz CT molecular complexity index is 780. The van der Waals surface area contributed by atoms with Crippen molar-refractivity contribution in [3.63, 3.8) is 0 Å². The predicted octanol–water partition coefficient (Wildman–Crippen LogP) is 3.35. The Balaban J connectivity index is 1.62. The van der Waals surface area contributed by atoms with Crippen LogP contribution in [0.5, 0.6) is 0 Å².